The lowest BCUT2D eigenvalue weighted by atomic mass is 10.3. The van der Waals surface area contributed by atoms with Gasteiger partial charge in [0.05, 0.1) is 23.9 Å². The Labute approximate surface area is 185 Å². The van der Waals surface area contributed by atoms with Crippen LogP contribution < -0.4 is 9.47 Å². The highest BCUT2D eigenvalue weighted by Gasteiger charge is 2.31. The summed E-state index contributed by atoms with van der Waals surface area (Å²) in [6, 6.07) is 4.70. The van der Waals surface area contributed by atoms with Crippen molar-refractivity contribution in [3.63, 3.8) is 0 Å². The summed E-state index contributed by atoms with van der Waals surface area (Å²) in [5, 5.41) is 8.58. The molecule has 168 valence electrons. The van der Waals surface area contributed by atoms with E-state index >= 15 is 0 Å². The van der Waals surface area contributed by atoms with Crippen LogP contribution in [0.15, 0.2) is 34.6 Å². The number of hydrogen-bond acceptors (Lipinski definition) is 8. The van der Waals surface area contributed by atoms with Gasteiger partial charge in [-0.25, -0.2) is 8.42 Å². The predicted molar refractivity (Wildman–Crippen MR) is 114 cm³/mol. The average Bonchev–Trinajstić information content (AvgIpc) is 3.12. The number of sulfonamides is 1. The van der Waals surface area contributed by atoms with Gasteiger partial charge in [0.15, 0.2) is 16.7 Å². The van der Waals surface area contributed by atoms with E-state index in [2.05, 4.69) is 10.2 Å². The Balaban J connectivity index is 1.35. The molecule has 1 aromatic heterocycles. The summed E-state index contributed by atoms with van der Waals surface area (Å²) >= 11 is 1.34. The van der Waals surface area contributed by atoms with Crippen LogP contribution in [0.25, 0.3) is 0 Å². The number of piperazine rings is 1. The van der Waals surface area contributed by atoms with Crippen LogP contribution in [0.3, 0.4) is 0 Å². The fourth-order valence-electron chi connectivity index (χ4n) is 3.42. The highest BCUT2D eigenvalue weighted by molar-refractivity contribution is 7.99. The van der Waals surface area contributed by atoms with E-state index in [1.807, 2.05) is 11.5 Å². The number of carbonyl (C=O) groups is 1. The number of carbonyl (C=O) groups excluding carboxylic acids is 1. The maximum atomic E-state index is 13.1. The number of ether oxygens (including phenoxy) is 2. The van der Waals surface area contributed by atoms with E-state index in [4.69, 9.17) is 9.47 Å². The van der Waals surface area contributed by atoms with Gasteiger partial charge in [-0.3, -0.25) is 4.79 Å². The Morgan fingerprint density at radius 3 is 2.61 bits per heavy atom. The number of thioether (sulfide) groups is 1. The van der Waals surface area contributed by atoms with Gasteiger partial charge in [0.1, 0.15) is 6.33 Å². The Kier molecular flexibility index (Phi) is 6.68. The van der Waals surface area contributed by atoms with Crippen molar-refractivity contribution in [2.45, 2.75) is 29.9 Å². The molecule has 10 nitrogen and oxygen atoms in total. The first kappa shape index (κ1) is 21.9. The maximum Gasteiger partial charge on any atom is 0.243 e. The number of aromatic nitrogens is 3. The molecule has 0 atom stereocenters. The lowest BCUT2D eigenvalue weighted by molar-refractivity contribution is -0.129. The Hall–Kier alpha value is -2.31. The number of hydrogen-bond donors (Lipinski definition) is 0. The molecule has 2 aromatic rings. The van der Waals surface area contributed by atoms with Crippen molar-refractivity contribution in [3.05, 3.63) is 24.5 Å². The number of rotatable bonds is 6. The lowest BCUT2D eigenvalue weighted by Crippen LogP contribution is -2.51. The number of aryl methyl sites for hydroxylation is 1. The van der Waals surface area contributed by atoms with Crippen LogP contribution in [0.5, 0.6) is 11.5 Å². The van der Waals surface area contributed by atoms with Crippen LogP contribution in [0.2, 0.25) is 0 Å². The quantitative estimate of drug-likeness (QED) is 0.581. The first-order chi connectivity index (χ1) is 15.0. The van der Waals surface area contributed by atoms with E-state index in [0.29, 0.717) is 43.0 Å². The Morgan fingerprint density at radius 1 is 1.13 bits per heavy atom. The van der Waals surface area contributed by atoms with Crippen molar-refractivity contribution < 1.29 is 22.7 Å². The van der Waals surface area contributed by atoms with Crippen molar-refractivity contribution >= 4 is 27.7 Å². The third kappa shape index (κ3) is 4.80. The molecule has 1 amide bonds. The molecule has 2 aliphatic heterocycles. The summed E-state index contributed by atoms with van der Waals surface area (Å²) in [6.45, 7) is 4.95. The first-order valence-electron chi connectivity index (χ1n) is 10.2. The Morgan fingerprint density at radius 2 is 1.87 bits per heavy atom. The molecule has 3 heterocycles. The van der Waals surface area contributed by atoms with Gasteiger partial charge >= 0.3 is 0 Å². The molecule has 0 N–H and O–H groups in total. The van der Waals surface area contributed by atoms with Gasteiger partial charge in [-0.15, -0.1) is 10.2 Å². The Bertz CT molecular complexity index is 1030. The van der Waals surface area contributed by atoms with E-state index < -0.39 is 10.0 Å². The normalized spacial score (nSPS) is 17.4. The van der Waals surface area contributed by atoms with E-state index in [0.717, 1.165) is 13.0 Å². The number of nitrogens with zero attached hydrogens (tertiary/aromatic N) is 5. The molecule has 31 heavy (non-hydrogen) atoms. The molecule has 0 bridgehead atoms. The number of amides is 1. The van der Waals surface area contributed by atoms with Crippen molar-refractivity contribution in [1.29, 1.82) is 0 Å². The summed E-state index contributed by atoms with van der Waals surface area (Å²) in [6.07, 6.45) is 2.39. The van der Waals surface area contributed by atoms with Crippen LogP contribution in [-0.2, 0) is 21.4 Å². The maximum absolute atomic E-state index is 13.1. The molecule has 4 rings (SSSR count). The molecular weight excluding hydrogens is 442 g/mol. The smallest absolute Gasteiger partial charge is 0.243 e. The van der Waals surface area contributed by atoms with Crippen LogP contribution in [0, 0.1) is 0 Å². The minimum absolute atomic E-state index is 0.0386. The summed E-state index contributed by atoms with van der Waals surface area (Å²) in [5.41, 5.74) is 0. The third-order valence-corrected chi connectivity index (χ3v) is 8.05. The van der Waals surface area contributed by atoms with Gasteiger partial charge in [0.2, 0.25) is 15.9 Å². The second-order valence-corrected chi connectivity index (χ2v) is 10.0. The minimum atomic E-state index is -3.68. The second-order valence-electron chi connectivity index (χ2n) is 7.13. The summed E-state index contributed by atoms with van der Waals surface area (Å²) in [7, 11) is -3.68. The third-order valence-electron chi connectivity index (χ3n) is 5.19. The van der Waals surface area contributed by atoms with Gasteiger partial charge in [-0.1, -0.05) is 11.8 Å². The summed E-state index contributed by atoms with van der Waals surface area (Å²) in [5.74, 6) is 1.21. The van der Waals surface area contributed by atoms with Crippen molar-refractivity contribution in [3.8, 4) is 11.5 Å². The fourth-order valence-corrected chi connectivity index (χ4v) is 5.74. The predicted octanol–water partition coefficient (Wildman–Crippen LogP) is 1.08. The zero-order chi connectivity index (χ0) is 21.8. The van der Waals surface area contributed by atoms with Crippen LogP contribution in [0.1, 0.15) is 13.3 Å². The second kappa shape index (κ2) is 9.45. The van der Waals surface area contributed by atoms with Crippen LogP contribution in [-0.4, -0.2) is 83.4 Å². The summed E-state index contributed by atoms with van der Waals surface area (Å²) < 4.78 is 40.7. The molecular formula is C19H25N5O5S2. The number of benzene rings is 1. The molecule has 2 aliphatic rings. The highest BCUT2D eigenvalue weighted by Crippen LogP contribution is 2.33. The van der Waals surface area contributed by atoms with Gasteiger partial charge < -0.3 is 18.9 Å². The molecule has 0 radical (unpaired) electrons. The topological polar surface area (TPSA) is 107 Å². The molecule has 0 aliphatic carbocycles. The van der Waals surface area contributed by atoms with Crippen LogP contribution >= 0.6 is 11.8 Å². The zero-order valence-corrected chi connectivity index (χ0v) is 18.9. The van der Waals surface area contributed by atoms with Gasteiger partial charge in [-0.05, 0) is 19.1 Å². The van der Waals surface area contributed by atoms with Crippen molar-refractivity contribution in [2.75, 3.05) is 45.1 Å². The van der Waals surface area contributed by atoms with Crippen molar-refractivity contribution in [2.24, 2.45) is 0 Å². The molecule has 0 saturated carbocycles. The first-order valence-corrected chi connectivity index (χ1v) is 12.6. The molecule has 0 unspecified atom stereocenters. The van der Waals surface area contributed by atoms with Gasteiger partial charge in [0.25, 0.3) is 0 Å². The highest BCUT2D eigenvalue weighted by atomic mass is 32.2. The molecule has 0 spiro atoms. The standard InChI is InChI=1S/C19H25N5O5S2/c1-2-22-14-20-21-19(22)30-13-18(25)23-6-8-24(9-7-23)31(26,27)15-4-5-16-17(12-15)29-11-3-10-28-16/h4-5,12,14H,2-3,6-11,13H2,1H3. The monoisotopic (exact) mass is 467 g/mol. The van der Waals surface area contributed by atoms with E-state index in [9.17, 15) is 13.2 Å². The van der Waals surface area contributed by atoms with Crippen molar-refractivity contribution in [1.82, 2.24) is 24.0 Å². The largest absolute Gasteiger partial charge is 0.490 e. The van der Waals surface area contributed by atoms with E-state index in [1.54, 1.807) is 23.4 Å². The SMILES string of the molecule is CCn1cnnc1SCC(=O)N1CCN(S(=O)(=O)c2ccc3c(c2)OCCCO3)CC1. The lowest BCUT2D eigenvalue weighted by Gasteiger charge is -2.34. The minimum Gasteiger partial charge on any atom is -0.490 e. The summed E-state index contributed by atoms with van der Waals surface area (Å²) in [4.78, 5) is 14.4. The van der Waals surface area contributed by atoms with Gasteiger partial charge in [0, 0.05) is 45.2 Å². The van der Waals surface area contributed by atoms with Gasteiger partial charge in [-0.2, -0.15) is 4.31 Å². The van der Waals surface area contributed by atoms with E-state index in [-0.39, 0.29) is 29.6 Å². The molecule has 1 saturated heterocycles. The molecule has 1 fully saturated rings. The van der Waals surface area contributed by atoms with Crippen LogP contribution in [0.4, 0.5) is 0 Å². The zero-order valence-electron chi connectivity index (χ0n) is 17.3. The van der Waals surface area contributed by atoms with E-state index in [1.165, 1.54) is 22.1 Å². The fraction of sp³-hybridized carbons (Fsp3) is 0.526. The average molecular weight is 468 g/mol. The molecule has 1 aromatic carbocycles. The molecule has 12 heteroatoms. The number of fused-ring (bicyclic) bond motifs is 1.